The van der Waals surface area contributed by atoms with Crippen molar-refractivity contribution in [2.45, 2.75) is 12.1 Å². The highest BCUT2D eigenvalue weighted by Crippen LogP contribution is 2.31. The lowest BCUT2D eigenvalue weighted by atomic mass is 10.00. The first-order chi connectivity index (χ1) is 6.18. The molecule has 0 bridgehead atoms. The lowest BCUT2D eigenvalue weighted by Gasteiger charge is -2.27. The van der Waals surface area contributed by atoms with Gasteiger partial charge in [-0.1, -0.05) is 0 Å². The van der Waals surface area contributed by atoms with Crippen molar-refractivity contribution in [2.24, 2.45) is 5.73 Å². The van der Waals surface area contributed by atoms with Crippen LogP contribution in [0.3, 0.4) is 0 Å². The number of aliphatic hydroxyl groups excluding tert-OH is 1. The molecule has 0 saturated carbocycles. The van der Waals surface area contributed by atoms with Crippen LogP contribution in [0.5, 0.6) is 5.75 Å². The molecule has 0 aromatic heterocycles. The Labute approximate surface area is 74.9 Å². The highest BCUT2D eigenvalue weighted by molar-refractivity contribution is 5.38. The monoisotopic (exact) mass is 183 g/mol. The molecular weight excluding hydrogens is 173 g/mol. The van der Waals surface area contributed by atoms with Crippen LogP contribution in [0, 0.1) is 5.82 Å². The zero-order chi connectivity index (χ0) is 9.42. The number of halogens is 1. The van der Waals surface area contributed by atoms with E-state index in [9.17, 15) is 9.50 Å². The minimum atomic E-state index is -0.834. The molecule has 0 amide bonds. The van der Waals surface area contributed by atoms with Crippen LogP contribution in [0.2, 0.25) is 0 Å². The van der Waals surface area contributed by atoms with Gasteiger partial charge in [0.2, 0.25) is 0 Å². The van der Waals surface area contributed by atoms with Crippen molar-refractivity contribution in [1.82, 2.24) is 0 Å². The van der Waals surface area contributed by atoms with E-state index in [0.717, 1.165) is 0 Å². The van der Waals surface area contributed by atoms with Crippen LogP contribution in [-0.2, 0) is 0 Å². The Hall–Kier alpha value is -1.13. The van der Waals surface area contributed by atoms with E-state index in [1.54, 1.807) is 0 Å². The SMILES string of the molecule is N[C@H]1COc2ccc(F)cc2[C@H]1O. The van der Waals surface area contributed by atoms with Gasteiger partial charge in [-0.3, -0.25) is 0 Å². The van der Waals surface area contributed by atoms with E-state index in [-0.39, 0.29) is 6.61 Å². The summed E-state index contributed by atoms with van der Waals surface area (Å²) in [6.07, 6.45) is -0.834. The highest BCUT2D eigenvalue weighted by Gasteiger charge is 2.26. The number of ether oxygens (including phenoxy) is 1. The first-order valence-corrected chi connectivity index (χ1v) is 4.04. The molecule has 1 aliphatic rings. The summed E-state index contributed by atoms with van der Waals surface area (Å²) in [6.45, 7) is 0.264. The van der Waals surface area contributed by atoms with Crippen LogP contribution in [0.1, 0.15) is 11.7 Å². The predicted molar refractivity (Wildman–Crippen MR) is 44.8 cm³/mol. The normalized spacial score (nSPS) is 26.4. The maximum absolute atomic E-state index is 12.8. The Morgan fingerprint density at radius 2 is 2.31 bits per heavy atom. The molecule has 3 N–H and O–H groups in total. The third-order valence-electron chi connectivity index (χ3n) is 2.13. The second-order valence-electron chi connectivity index (χ2n) is 3.10. The van der Waals surface area contributed by atoms with Crippen molar-refractivity contribution < 1.29 is 14.2 Å². The van der Waals surface area contributed by atoms with E-state index in [1.807, 2.05) is 0 Å². The number of aliphatic hydroxyl groups is 1. The Morgan fingerprint density at radius 3 is 3.08 bits per heavy atom. The molecule has 1 aliphatic heterocycles. The van der Waals surface area contributed by atoms with Gasteiger partial charge < -0.3 is 15.6 Å². The fourth-order valence-electron chi connectivity index (χ4n) is 1.39. The Balaban J connectivity index is 2.45. The average Bonchev–Trinajstić information content (AvgIpc) is 2.12. The maximum atomic E-state index is 12.8. The van der Waals surface area contributed by atoms with Gasteiger partial charge in [-0.25, -0.2) is 4.39 Å². The van der Waals surface area contributed by atoms with E-state index in [2.05, 4.69) is 0 Å². The number of benzene rings is 1. The number of rotatable bonds is 0. The zero-order valence-corrected chi connectivity index (χ0v) is 6.90. The summed E-state index contributed by atoms with van der Waals surface area (Å²) in [7, 11) is 0. The van der Waals surface area contributed by atoms with Gasteiger partial charge in [-0.15, -0.1) is 0 Å². The van der Waals surface area contributed by atoms with E-state index in [4.69, 9.17) is 10.5 Å². The average molecular weight is 183 g/mol. The molecular formula is C9H10FNO2. The Bertz CT molecular complexity index is 329. The van der Waals surface area contributed by atoms with Crippen LogP contribution in [0.4, 0.5) is 4.39 Å². The lowest BCUT2D eigenvalue weighted by molar-refractivity contribution is 0.0911. The molecule has 1 heterocycles. The van der Waals surface area contributed by atoms with E-state index in [0.29, 0.717) is 11.3 Å². The fourth-order valence-corrected chi connectivity index (χ4v) is 1.39. The largest absolute Gasteiger partial charge is 0.491 e. The second-order valence-corrected chi connectivity index (χ2v) is 3.10. The van der Waals surface area contributed by atoms with Gasteiger partial charge in [-0.2, -0.15) is 0 Å². The molecule has 1 aromatic rings. The molecule has 2 rings (SSSR count). The maximum Gasteiger partial charge on any atom is 0.125 e. The molecule has 0 fully saturated rings. The second kappa shape index (κ2) is 2.97. The van der Waals surface area contributed by atoms with Crippen molar-refractivity contribution in [3.05, 3.63) is 29.6 Å². The Morgan fingerprint density at radius 1 is 1.54 bits per heavy atom. The number of hydrogen-bond acceptors (Lipinski definition) is 3. The minimum Gasteiger partial charge on any atom is -0.491 e. The quantitative estimate of drug-likeness (QED) is 0.618. The van der Waals surface area contributed by atoms with Gasteiger partial charge in [-0.05, 0) is 18.2 Å². The molecule has 1 aromatic carbocycles. The van der Waals surface area contributed by atoms with Crippen molar-refractivity contribution in [3.8, 4) is 5.75 Å². The zero-order valence-electron chi connectivity index (χ0n) is 6.90. The van der Waals surface area contributed by atoms with Crippen LogP contribution in [-0.4, -0.2) is 17.8 Å². The predicted octanol–water partition coefficient (Wildman–Crippen LogP) is 0.579. The molecule has 0 radical (unpaired) electrons. The van der Waals surface area contributed by atoms with Crippen molar-refractivity contribution in [1.29, 1.82) is 0 Å². The first-order valence-electron chi connectivity index (χ1n) is 4.04. The van der Waals surface area contributed by atoms with Gasteiger partial charge in [0.05, 0.1) is 6.04 Å². The first kappa shape index (κ1) is 8.47. The summed E-state index contributed by atoms with van der Waals surface area (Å²) in [5, 5.41) is 9.58. The summed E-state index contributed by atoms with van der Waals surface area (Å²) < 4.78 is 18.0. The van der Waals surface area contributed by atoms with Crippen LogP contribution in [0.15, 0.2) is 18.2 Å². The van der Waals surface area contributed by atoms with Crippen LogP contribution < -0.4 is 10.5 Å². The molecule has 2 atom stereocenters. The molecule has 3 nitrogen and oxygen atoms in total. The van der Waals surface area contributed by atoms with Gasteiger partial charge in [0.15, 0.2) is 0 Å². The van der Waals surface area contributed by atoms with Gasteiger partial charge in [0, 0.05) is 5.56 Å². The summed E-state index contributed by atoms with van der Waals surface area (Å²) in [4.78, 5) is 0. The van der Waals surface area contributed by atoms with Gasteiger partial charge >= 0.3 is 0 Å². The van der Waals surface area contributed by atoms with Crippen LogP contribution >= 0.6 is 0 Å². The van der Waals surface area contributed by atoms with Crippen molar-refractivity contribution in [3.63, 3.8) is 0 Å². The van der Waals surface area contributed by atoms with E-state index >= 15 is 0 Å². The summed E-state index contributed by atoms with van der Waals surface area (Å²) in [5.74, 6) is 0.117. The smallest absolute Gasteiger partial charge is 0.125 e. The molecule has 0 spiro atoms. The van der Waals surface area contributed by atoms with E-state index < -0.39 is 18.0 Å². The lowest BCUT2D eigenvalue weighted by Crippen LogP contribution is -2.38. The summed E-state index contributed by atoms with van der Waals surface area (Å²) in [6, 6.07) is 3.57. The topological polar surface area (TPSA) is 55.5 Å². The third kappa shape index (κ3) is 1.38. The highest BCUT2D eigenvalue weighted by atomic mass is 19.1. The number of nitrogens with two attached hydrogens (primary N) is 1. The third-order valence-corrected chi connectivity index (χ3v) is 2.13. The standard InChI is InChI=1S/C9H10FNO2/c10-5-1-2-8-6(3-5)9(12)7(11)4-13-8/h1-3,7,9,12H,4,11H2/t7-,9+/m0/s1. The molecule has 70 valence electrons. The van der Waals surface area contributed by atoms with Crippen molar-refractivity contribution in [2.75, 3.05) is 6.61 Å². The van der Waals surface area contributed by atoms with Crippen molar-refractivity contribution >= 4 is 0 Å². The summed E-state index contributed by atoms with van der Waals surface area (Å²) in [5.41, 5.74) is 5.98. The molecule has 0 saturated heterocycles. The molecule has 13 heavy (non-hydrogen) atoms. The molecule has 0 aliphatic carbocycles. The van der Waals surface area contributed by atoms with Gasteiger partial charge in [0.1, 0.15) is 24.3 Å². The van der Waals surface area contributed by atoms with E-state index in [1.165, 1.54) is 18.2 Å². The summed E-state index contributed by atoms with van der Waals surface area (Å²) >= 11 is 0. The minimum absolute atomic E-state index is 0.264. The number of fused-ring (bicyclic) bond motifs is 1. The number of hydrogen-bond donors (Lipinski definition) is 2. The molecule has 0 unspecified atom stereocenters. The Kier molecular flexibility index (Phi) is 1.94. The van der Waals surface area contributed by atoms with Gasteiger partial charge in [0.25, 0.3) is 0 Å². The molecule has 4 heteroatoms. The van der Waals surface area contributed by atoms with Crippen LogP contribution in [0.25, 0.3) is 0 Å². The fraction of sp³-hybridized carbons (Fsp3) is 0.333.